The molecule has 1 aromatic rings. The van der Waals surface area contributed by atoms with Crippen molar-refractivity contribution in [2.45, 2.75) is 0 Å². The number of hydrogen-bond acceptors (Lipinski definition) is 4. The van der Waals surface area contributed by atoms with E-state index in [0.29, 0.717) is 17.8 Å². The molecule has 0 bridgehead atoms. The van der Waals surface area contributed by atoms with Crippen LogP contribution in [-0.2, 0) is 9.59 Å². The maximum Gasteiger partial charge on any atom is 1.00 e. The predicted octanol–water partition coefficient (Wildman–Crippen LogP) is -1.97. The summed E-state index contributed by atoms with van der Waals surface area (Å²) < 4.78 is 0. The smallest absolute Gasteiger partial charge is 0.870 e. The van der Waals surface area contributed by atoms with Crippen LogP contribution in [0.1, 0.15) is 5.56 Å². The molecule has 2 N–H and O–H groups in total. The van der Waals surface area contributed by atoms with Crippen molar-refractivity contribution in [2.24, 2.45) is 0 Å². The van der Waals surface area contributed by atoms with Crippen LogP contribution in [0.25, 0.3) is 0 Å². The van der Waals surface area contributed by atoms with Gasteiger partial charge in [-0.1, -0.05) is 18.2 Å². The van der Waals surface area contributed by atoms with Crippen molar-refractivity contribution in [2.75, 3.05) is 26.0 Å². The number of carbonyl (C=O) groups excluding carboxylic acids is 2. The minimum absolute atomic E-state index is 0. The van der Waals surface area contributed by atoms with E-state index in [1.807, 2.05) is 19.0 Å². The summed E-state index contributed by atoms with van der Waals surface area (Å²) in [6, 6.07) is 6.54. The van der Waals surface area contributed by atoms with Crippen LogP contribution in [0.15, 0.2) is 36.4 Å². The number of amides is 1. The Balaban J connectivity index is 0. The van der Waals surface area contributed by atoms with Gasteiger partial charge in [0.25, 0.3) is 0 Å². The first-order chi connectivity index (χ1) is 8.11. The van der Waals surface area contributed by atoms with E-state index in [1.54, 1.807) is 36.6 Å². The molecular weight excluding hydrogens is 255 g/mol. The first-order valence-electron chi connectivity index (χ1n) is 5.22. The van der Waals surface area contributed by atoms with Crippen LogP contribution in [0.2, 0.25) is 0 Å². The summed E-state index contributed by atoms with van der Waals surface area (Å²) in [5.74, 6) is -0.185. The van der Waals surface area contributed by atoms with E-state index in [2.05, 4.69) is 5.32 Å². The minimum atomic E-state index is -0.185. The molecule has 5 nitrogen and oxygen atoms in total. The van der Waals surface area contributed by atoms with E-state index < -0.39 is 0 Å². The van der Waals surface area contributed by atoms with Crippen LogP contribution in [-0.4, -0.2) is 43.2 Å². The third-order valence-corrected chi connectivity index (χ3v) is 2.01. The van der Waals surface area contributed by atoms with Gasteiger partial charge in [-0.25, -0.2) is 0 Å². The van der Waals surface area contributed by atoms with Gasteiger partial charge >= 0.3 is 29.6 Å². The number of nitrogens with zero attached hydrogens (tertiary/aromatic N) is 1. The Kier molecular flexibility index (Phi) is 11.7. The number of anilines is 1. The number of rotatable bonds is 5. The second-order valence-electron chi connectivity index (χ2n) is 3.83. The fraction of sp³-hybridized carbons (Fsp3) is 0.231. The Morgan fingerprint density at radius 3 is 2.37 bits per heavy atom. The Morgan fingerprint density at radius 1 is 1.32 bits per heavy atom. The fourth-order valence-corrected chi connectivity index (χ4v) is 1.18. The van der Waals surface area contributed by atoms with Gasteiger partial charge in [-0.05, 0) is 14.1 Å². The number of benzene rings is 1. The average molecular weight is 271 g/mol. The molecule has 19 heavy (non-hydrogen) atoms. The van der Waals surface area contributed by atoms with Crippen molar-refractivity contribution in [1.82, 2.24) is 4.90 Å². The zero-order valence-corrected chi connectivity index (χ0v) is 13.4. The first-order valence-corrected chi connectivity index (χ1v) is 5.22. The number of carbonyl (C=O) groups is 1. The summed E-state index contributed by atoms with van der Waals surface area (Å²) in [5, 5.41) is 2.69. The van der Waals surface area contributed by atoms with Crippen molar-refractivity contribution in [3.63, 3.8) is 0 Å². The second-order valence-corrected chi connectivity index (χ2v) is 3.83. The molecule has 0 atom stereocenters. The largest absolute Gasteiger partial charge is 1.00 e. The van der Waals surface area contributed by atoms with Gasteiger partial charge in [-0.2, -0.15) is 17.7 Å². The molecule has 0 aromatic heterocycles. The van der Waals surface area contributed by atoms with Crippen molar-refractivity contribution in [3.05, 3.63) is 42.0 Å². The number of hydrogen-bond donors (Lipinski definition) is 1. The molecule has 0 aliphatic carbocycles. The van der Waals surface area contributed by atoms with Crippen LogP contribution in [0.3, 0.4) is 0 Å². The van der Waals surface area contributed by atoms with Crippen LogP contribution < -0.4 is 34.9 Å². The topological polar surface area (TPSA) is 79.4 Å². The molecule has 0 fully saturated rings. The normalized spacial score (nSPS) is 9.63. The monoisotopic (exact) mass is 271 g/mol. The molecule has 0 aliphatic rings. The van der Waals surface area contributed by atoms with Gasteiger partial charge in [0.2, 0.25) is 5.91 Å². The van der Waals surface area contributed by atoms with E-state index in [0.717, 1.165) is 0 Å². The minimum Gasteiger partial charge on any atom is -0.870 e. The molecular formula is C13H16N2NaO3-. The predicted molar refractivity (Wildman–Crippen MR) is 69.5 cm³/mol. The van der Waals surface area contributed by atoms with E-state index >= 15 is 0 Å². The second kappa shape index (κ2) is 10.9. The molecule has 0 radical (unpaired) electrons. The molecule has 1 aromatic carbocycles. The summed E-state index contributed by atoms with van der Waals surface area (Å²) in [6.45, 7) is 0.715. The standard InChI is InChI=1S/C13H15N2O2.Na.H2O/c1-15(2)9-3-4-13(17)14-12-7-5-11(10-16)6-8-12;;/h3-8H,9H2,1-2H3,(H,14,17);;1H2/q-1;+1;/p-1/b4-3+;;. The van der Waals surface area contributed by atoms with Crippen molar-refractivity contribution in [1.29, 1.82) is 0 Å². The van der Waals surface area contributed by atoms with Gasteiger partial charge in [-0.15, -0.1) is 0 Å². The molecule has 0 unspecified atom stereocenters. The van der Waals surface area contributed by atoms with Crippen molar-refractivity contribution >= 4 is 17.9 Å². The maximum absolute atomic E-state index is 11.5. The van der Waals surface area contributed by atoms with Gasteiger partial charge in [0.05, 0.1) is 6.29 Å². The van der Waals surface area contributed by atoms with Crippen molar-refractivity contribution < 1.29 is 44.6 Å². The summed E-state index contributed by atoms with van der Waals surface area (Å²) in [5.41, 5.74) is 1.12. The molecule has 1 rings (SSSR count). The first kappa shape index (κ1) is 20.3. The molecule has 0 spiro atoms. The van der Waals surface area contributed by atoms with Gasteiger partial charge in [0.15, 0.2) is 0 Å². The van der Waals surface area contributed by atoms with Crippen LogP contribution >= 0.6 is 0 Å². The summed E-state index contributed by atoms with van der Waals surface area (Å²) in [4.78, 5) is 23.7. The zero-order chi connectivity index (χ0) is 12.7. The molecule has 0 heterocycles. The molecule has 98 valence electrons. The molecule has 0 aliphatic heterocycles. The van der Waals surface area contributed by atoms with Crippen LogP contribution in [0, 0.1) is 0 Å². The Morgan fingerprint density at radius 2 is 1.89 bits per heavy atom. The number of nitrogens with one attached hydrogen (secondary N) is 1. The van der Waals surface area contributed by atoms with Crippen LogP contribution in [0.5, 0.6) is 0 Å². The Bertz CT molecular complexity index is 416. The summed E-state index contributed by atoms with van der Waals surface area (Å²) in [6.07, 6.45) is 5.04. The summed E-state index contributed by atoms with van der Waals surface area (Å²) >= 11 is 0. The zero-order valence-electron chi connectivity index (χ0n) is 11.4. The van der Waals surface area contributed by atoms with Gasteiger partial charge < -0.3 is 20.5 Å². The van der Waals surface area contributed by atoms with E-state index in [1.165, 1.54) is 6.08 Å². The molecule has 0 saturated heterocycles. The van der Waals surface area contributed by atoms with E-state index in [-0.39, 0.29) is 40.9 Å². The fourth-order valence-electron chi connectivity index (χ4n) is 1.18. The summed E-state index contributed by atoms with van der Waals surface area (Å²) in [7, 11) is 3.85. The number of likely N-dealkylation sites (N-methyl/N-ethyl adjacent to an activating group) is 1. The van der Waals surface area contributed by atoms with Crippen LogP contribution in [0.4, 0.5) is 5.69 Å². The quantitative estimate of drug-likeness (QED) is 0.383. The third kappa shape index (κ3) is 8.69. The maximum atomic E-state index is 11.5. The van der Waals surface area contributed by atoms with Gasteiger partial charge in [0.1, 0.15) is 0 Å². The van der Waals surface area contributed by atoms with Gasteiger partial charge in [0, 0.05) is 18.3 Å². The Hall–Kier alpha value is -0.980. The van der Waals surface area contributed by atoms with E-state index in [4.69, 9.17) is 0 Å². The Labute approximate surface area is 135 Å². The molecule has 1 amide bonds. The average Bonchev–Trinajstić information content (AvgIpc) is 2.29. The van der Waals surface area contributed by atoms with Crippen molar-refractivity contribution in [3.8, 4) is 0 Å². The van der Waals surface area contributed by atoms with Gasteiger partial charge in [-0.3, -0.25) is 4.79 Å². The molecule has 0 saturated carbocycles. The van der Waals surface area contributed by atoms with E-state index in [9.17, 15) is 9.59 Å². The molecule has 6 heteroatoms. The SMILES string of the molecule is CN(C)C/C=C/C(=O)Nc1ccc([C-]=O)cc1.[Na+].[OH-]. The third-order valence-electron chi connectivity index (χ3n) is 2.01.